The van der Waals surface area contributed by atoms with Gasteiger partial charge < -0.3 is 14.5 Å². The zero-order chi connectivity index (χ0) is 17.4. The van der Waals surface area contributed by atoms with Crippen LogP contribution in [0.2, 0.25) is 0 Å². The number of carbonyl (C=O) groups is 1. The maximum atomic E-state index is 12.0. The van der Waals surface area contributed by atoms with E-state index >= 15 is 0 Å². The number of amidine groups is 1. The Bertz CT molecular complexity index is 590. The highest BCUT2D eigenvalue weighted by molar-refractivity contribution is 7.86. The van der Waals surface area contributed by atoms with Crippen molar-refractivity contribution in [2.45, 2.75) is 44.7 Å². The van der Waals surface area contributed by atoms with Gasteiger partial charge in [0, 0.05) is 26.1 Å². The first-order valence-electron chi connectivity index (χ1n) is 7.49. The Hall–Kier alpha value is -1.55. The van der Waals surface area contributed by atoms with E-state index < -0.39 is 21.2 Å². The lowest BCUT2D eigenvalue weighted by molar-refractivity contribution is 0.0200. The van der Waals surface area contributed by atoms with Crippen molar-refractivity contribution in [2.75, 3.05) is 20.1 Å². The van der Waals surface area contributed by atoms with Crippen LogP contribution < -0.4 is 5.43 Å². The fraction of sp³-hybridized carbons (Fsp3) is 0.846. The summed E-state index contributed by atoms with van der Waals surface area (Å²) in [6, 6.07) is 0. The second-order valence-electron chi connectivity index (χ2n) is 6.82. The molecule has 0 aromatic carbocycles. The maximum Gasteiger partial charge on any atom is 0.410 e. The SMILES string of the molecule is CN1C(C2CCN(C(=O)OC(C)(C)C)CC2)=NNC1S(=O)(=O)O. The number of piperidine rings is 1. The minimum absolute atomic E-state index is 0.0259. The quantitative estimate of drug-likeness (QED) is 0.705. The largest absolute Gasteiger partial charge is 0.444 e. The summed E-state index contributed by atoms with van der Waals surface area (Å²) in [4.78, 5) is 15.1. The first kappa shape index (κ1) is 17.8. The van der Waals surface area contributed by atoms with E-state index in [1.54, 1.807) is 11.9 Å². The van der Waals surface area contributed by atoms with Crippen molar-refractivity contribution in [1.82, 2.24) is 15.2 Å². The standard InChI is InChI=1S/C13H24N4O5S/c1-13(2,3)22-12(18)17-7-5-9(6-8-17)10-14-15-11(16(10)4)23(19,20)21/h9,11,15H,5-8H2,1-4H3,(H,19,20,21). The highest BCUT2D eigenvalue weighted by atomic mass is 32.2. The van der Waals surface area contributed by atoms with Crippen LogP contribution in [0.1, 0.15) is 33.6 Å². The number of nitrogens with zero attached hydrogens (tertiary/aromatic N) is 3. The molecule has 10 heteroatoms. The number of hydrogen-bond donors (Lipinski definition) is 2. The molecular weight excluding hydrogens is 324 g/mol. The number of ether oxygens (including phenoxy) is 1. The molecule has 2 aliphatic heterocycles. The summed E-state index contributed by atoms with van der Waals surface area (Å²) in [5, 5.41) is 4.04. The molecule has 23 heavy (non-hydrogen) atoms. The Kier molecular flexibility index (Phi) is 4.76. The van der Waals surface area contributed by atoms with Crippen LogP contribution in [0.15, 0.2) is 5.10 Å². The number of rotatable bonds is 2. The lowest BCUT2D eigenvalue weighted by Crippen LogP contribution is -2.47. The van der Waals surface area contributed by atoms with Crippen molar-refractivity contribution in [1.29, 1.82) is 0 Å². The van der Waals surface area contributed by atoms with Crippen LogP contribution >= 0.6 is 0 Å². The van der Waals surface area contributed by atoms with Crippen molar-refractivity contribution in [3.8, 4) is 0 Å². The number of nitrogens with one attached hydrogen (secondary N) is 1. The van der Waals surface area contributed by atoms with Gasteiger partial charge in [-0.15, -0.1) is 0 Å². The lowest BCUT2D eigenvalue weighted by atomic mass is 9.95. The number of amides is 1. The third-order valence-corrected chi connectivity index (χ3v) is 4.78. The summed E-state index contributed by atoms with van der Waals surface area (Å²) < 4.78 is 37.0. The Morgan fingerprint density at radius 2 is 1.91 bits per heavy atom. The molecule has 2 N–H and O–H groups in total. The molecule has 9 nitrogen and oxygen atoms in total. The Morgan fingerprint density at radius 1 is 1.35 bits per heavy atom. The number of hydrazone groups is 1. The molecule has 1 unspecified atom stereocenters. The van der Waals surface area contributed by atoms with Gasteiger partial charge in [-0.3, -0.25) is 9.98 Å². The van der Waals surface area contributed by atoms with Crippen molar-refractivity contribution in [2.24, 2.45) is 11.0 Å². The van der Waals surface area contributed by atoms with Gasteiger partial charge in [0.1, 0.15) is 11.4 Å². The molecule has 1 fully saturated rings. The average Bonchev–Trinajstić information content (AvgIpc) is 2.78. The lowest BCUT2D eigenvalue weighted by Gasteiger charge is -2.34. The number of carbonyl (C=O) groups excluding carboxylic acids is 1. The third kappa shape index (κ3) is 4.25. The van der Waals surface area contributed by atoms with Crippen LogP contribution in [-0.4, -0.2) is 65.9 Å². The zero-order valence-electron chi connectivity index (χ0n) is 13.8. The molecule has 0 aliphatic carbocycles. The second-order valence-corrected chi connectivity index (χ2v) is 8.30. The smallest absolute Gasteiger partial charge is 0.410 e. The monoisotopic (exact) mass is 348 g/mol. The molecule has 0 bridgehead atoms. The van der Waals surface area contributed by atoms with E-state index in [9.17, 15) is 13.2 Å². The molecule has 0 radical (unpaired) electrons. The summed E-state index contributed by atoms with van der Waals surface area (Å²) in [6.07, 6.45) is 0.969. The maximum absolute atomic E-state index is 12.0. The molecule has 0 aromatic heterocycles. The Morgan fingerprint density at radius 3 is 2.35 bits per heavy atom. The molecule has 1 amide bonds. The van der Waals surface area contributed by atoms with Crippen LogP contribution in [0, 0.1) is 5.92 Å². The molecule has 2 heterocycles. The van der Waals surface area contributed by atoms with Gasteiger partial charge in [0.15, 0.2) is 0 Å². The first-order valence-corrected chi connectivity index (χ1v) is 8.99. The highest BCUT2D eigenvalue weighted by Gasteiger charge is 2.39. The molecule has 2 aliphatic rings. The highest BCUT2D eigenvalue weighted by Crippen LogP contribution is 2.25. The number of hydrogen-bond acceptors (Lipinski definition) is 7. The molecule has 0 spiro atoms. The average molecular weight is 348 g/mol. The third-order valence-electron chi connectivity index (χ3n) is 3.80. The minimum atomic E-state index is -4.25. The molecule has 0 aromatic rings. The van der Waals surface area contributed by atoms with Gasteiger partial charge in [0.2, 0.25) is 5.50 Å². The minimum Gasteiger partial charge on any atom is -0.444 e. The van der Waals surface area contributed by atoms with Crippen molar-refractivity contribution in [3.63, 3.8) is 0 Å². The number of likely N-dealkylation sites (tertiary alicyclic amines) is 1. The fourth-order valence-electron chi connectivity index (χ4n) is 2.70. The van der Waals surface area contributed by atoms with Crippen molar-refractivity contribution >= 4 is 22.0 Å². The van der Waals surface area contributed by atoms with Crippen LogP contribution in [0.4, 0.5) is 4.79 Å². The van der Waals surface area contributed by atoms with Gasteiger partial charge in [-0.25, -0.2) is 4.79 Å². The van der Waals surface area contributed by atoms with E-state index in [-0.39, 0.29) is 12.0 Å². The van der Waals surface area contributed by atoms with Crippen LogP contribution in [-0.2, 0) is 14.9 Å². The van der Waals surface area contributed by atoms with Gasteiger partial charge in [-0.1, -0.05) is 0 Å². The molecule has 132 valence electrons. The molecular formula is C13H24N4O5S. The summed E-state index contributed by atoms with van der Waals surface area (Å²) in [5.41, 5.74) is 0.649. The van der Waals surface area contributed by atoms with Gasteiger partial charge >= 0.3 is 16.2 Å². The van der Waals surface area contributed by atoms with Gasteiger partial charge in [0.25, 0.3) is 0 Å². The van der Waals surface area contributed by atoms with E-state index in [4.69, 9.17) is 9.29 Å². The van der Waals surface area contributed by atoms with E-state index in [2.05, 4.69) is 10.5 Å². The van der Waals surface area contributed by atoms with E-state index in [1.807, 2.05) is 20.8 Å². The zero-order valence-corrected chi connectivity index (χ0v) is 14.6. The van der Waals surface area contributed by atoms with E-state index in [1.165, 1.54) is 4.90 Å². The van der Waals surface area contributed by atoms with Gasteiger partial charge in [-0.05, 0) is 33.6 Å². The summed E-state index contributed by atoms with van der Waals surface area (Å²) >= 11 is 0. The summed E-state index contributed by atoms with van der Waals surface area (Å²) in [7, 11) is -2.69. The summed E-state index contributed by atoms with van der Waals surface area (Å²) in [5.74, 6) is 0.606. The molecule has 1 saturated heterocycles. The van der Waals surface area contributed by atoms with Crippen LogP contribution in [0.3, 0.4) is 0 Å². The second kappa shape index (κ2) is 6.16. The summed E-state index contributed by atoms with van der Waals surface area (Å²) in [6.45, 7) is 6.50. The topological polar surface area (TPSA) is 112 Å². The normalized spacial score (nSPS) is 23.5. The molecule has 0 saturated carbocycles. The van der Waals surface area contributed by atoms with Crippen molar-refractivity contribution in [3.05, 3.63) is 0 Å². The van der Waals surface area contributed by atoms with Crippen molar-refractivity contribution < 1.29 is 22.5 Å². The predicted molar refractivity (Wildman–Crippen MR) is 84.2 cm³/mol. The van der Waals surface area contributed by atoms with Crippen LogP contribution in [0.5, 0.6) is 0 Å². The molecule has 1 atom stereocenters. The van der Waals surface area contributed by atoms with Gasteiger partial charge in [-0.2, -0.15) is 13.5 Å². The first-order chi connectivity index (χ1) is 10.5. The van der Waals surface area contributed by atoms with E-state index in [0.717, 1.165) is 0 Å². The molecule has 2 rings (SSSR count). The van der Waals surface area contributed by atoms with Crippen LogP contribution in [0.25, 0.3) is 0 Å². The van der Waals surface area contributed by atoms with E-state index in [0.29, 0.717) is 31.8 Å². The Labute approximate surface area is 136 Å². The van der Waals surface area contributed by atoms with Gasteiger partial charge in [0.05, 0.1) is 0 Å². The fourth-order valence-corrected chi connectivity index (χ4v) is 3.39. The predicted octanol–water partition coefficient (Wildman–Crippen LogP) is 0.653. The Balaban J connectivity index is 1.92.